The largest absolute Gasteiger partial charge is 0.435 e. The molecule has 5 amide bonds. The molecule has 15 rings (SSSR count). The molecule has 758 valence electrons. The van der Waals surface area contributed by atoms with Crippen molar-refractivity contribution >= 4 is 75.0 Å². The number of nitriles is 1. The summed E-state index contributed by atoms with van der Waals surface area (Å²) < 4.78 is 269. The van der Waals surface area contributed by atoms with Crippen molar-refractivity contribution in [1.82, 2.24) is 48.9 Å². The first kappa shape index (κ1) is 109. The molecule has 0 saturated carbocycles. The van der Waals surface area contributed by atoms with E-state index in [0.717, 1.165) is 116 Å². The van der Waals surface area contributed by atoms with Gasteiger partial charge >= 0.3 is 30.9 Å². The maximum atomic E-state index is 14.5. The van der Waals surface area contributed by atoms with E-state index in [0.29, 0.717) is 40.3 Å². The zero-order valence-electron chi connectivity index (χ0n) is 77.3. The lowest BCUT2D eigenvalue weighted by Crippen LogP contribution is -2.14. The number of hydrogen-bond acceptors (Lipinski definition) is 16. The third-order valence-electron chi connectivity index (χ3n) is 21.5. The fraction of sp³-hybridized carbons (Fsp3) is 0.173. The van der Waals surface area contributed by atoms with Crippen molar-refractivity contribution in [2.24, 2.45) is 21.1 Å². The monoisotopic (exact) mass is 2040 g/mol. The highest BCUT2D eigenvalue weighted by atomic mass is 19.4. The van der Waals surface area contributed by atoms with Crippen molar-refractivity contribution in [3.05, 3.63) is 358 Å². The number of aromatic nitrogens is 10. The first-order valence-electron chi connectivity index (χ1n) is 42.5. The van der Waals surface area contributed by atoms with Gasteiger partial charge in [-0.2, -0.15) is 96.6 Å². The quantitative estimate of drug-likeness (QED) is 0.0190. The molecule has 5 heterocycles. The SMILES string of the molecule is CCn1nc(C(F)(F)F)cc1-c1ccc(C(=O)Nc2ccccc2C)cc1N.Cc1ccc(NC(=O)c2ccc(-c3cc(C(F)(F)F)nn3C)c([N+](=O)[O-])c2)c(F)c1F.Cc1ccccc1NC(=O)c1ccc(-c2cc(C(F)(F)F)nn2C(C)C)c(C#N)c1.Cc1ccccc1NC(=O)c1ccc(-c2cc(C(F)(F)F)nn2C)c(F)c1.Cn1nc(C(F)(F)F)cc1-c1ccc(C(=O)Nc2c(F)cccc2F)cc1[N+](=O)[O-]. The Morgan fingerprint density at radius 2 is 0.705 bits per heavy atom. The molecule has 7 N–H and O–H groups in total. The number of amides is 5. The minimum Gasteiger partial charge on any atom is -0.398 e. The van der Waals surface area contributed by atoms with Gasteiger partial charge in [0, 0.05) is 113 Å². The Labute approximate surface area is 813 Å². The van der Waals surface area contributed by atoms with Crippen LogP contribution in [0.1, 0.15) is 135 Å². The molecule has 0 aliphatic rings. The van der Waals surface area contributed by atoms with Crippen LogP contribution in [0.3, 0.4) is 0 Å². The second-order valence-electron chi connectivity index (χ2n) is 32.0. The minimum atomic E-state index is -4.76. The molecule has 48 heteroatoms. The molecule has 28 nitrogen and oxygen atoms in total. The summed E-state index contributed by atoms with van der Waals surface area (Å²) in [6, 6.07) is 50.9. The lowest BCUT2D eigenvalue weighted by molar-refractivity contribution is -0.384. The minimum absolute atomic E-state index is 0.0184. The van der Waals surface area contributed by atoms with Gasteiger partial charge < -0.3 is 32.3 Å². The lowest BCUT2D eigenvalue weighted by atomic mass is 10.0. The molecule has 0 aliphatic heterocycles. The van der Waals surface area contributed by atoms with Crippen molar-refractivity contribution in [2.75, 3.05) is 32.3 Å². The van der Waals surface area contributed by atoms with Crippen LogP contribution in [0.15, 0.2) is 224 Å². The summed E-state index contributed by atoms with van der Waals surface area (Å²) in [4.78, 5) is 83.3. The second kappa shape index (κ2) is 44.2. The third kappa shape index (κ3) is 25.8. The van der Waals surface area contributed by atoms with Crippen LogP contribution in [0.2, 0.25) is 0 Å². The van der Waals surface area contributed by atoms with Gasteiger partial charge in [-0.05, 0) is 210 Å². The number of nitro groups is 2. The Bertz CT molecular complexity index is 7550. The highest BCUT2D eigenvalue weighted by Gasteiger charge is 2.41. The molecule has 10 aromatic carbocycles. The Balaban J connectivity index is 0.000000174. The Kier molecular flexibility index (Phi) is 32.9. The van der Waals surface area contributed by atoms with Crippen LogP contribution in [-0.2, 0) is 58.6 Å². The van der Waals surface area contributed by atoms with Gasteiger partial charge in [0.25, 0.3) is 40.9 Å². The average Bonchev–Trinajstić information content (AvgIpc) is 1.62. The number of para-hydroxylation sites is 4. The van der Waals surface area contributed by atoms with Crippen molar-refractivity contribution in [3.63, 3.8) is 0 Å². The van der Waals surface area contributed by atoms with Gasteiger partial charge in [0.05, 0.1) is 66.8 Å². The number of nitrogens with zero attached hydrogens (tertiary/aromatic N) is 13. The molecule has 0 saturated heterocycles. The van der Waals surface area contributed by atoms with E-state index in [1.54, 1.807) is 51.1 Å². The molecule has 0 atom stereocenters. The van der Waals surface area contributed by atoms with Crippen molar-refractivity contribution in [3.8, 4) is 62.4 Å². The summed E-state index contributed by atoms with van der Waals surface area (Å²) in [7, 11) is 3.66. The Morgan fingerprint density at radius 1 is 0.370 bits per heavy atom. The second-order valence-corrected chi connectivity index (χ2v) is 32.0. The number of anilines is 6. The number of alkyl halides is 15. The van der Waals surface area contributed by atoms with E-state index in [9.17, 15) is 137 Å². The number of halogens is 20. The van der Waals surface area contributed by atoms with Crippen LogP contribution in [0.4, 0.5) is 133 Å². The number of carbonyl (C=O) groups excluding carboxylic acids is 5. The van der Waals surface area contributed by atoms with Crippen LogP contribution >= 0.6 is 0 Å². The molecule has 0 spiro atoms. The van der Waals surface area contributed by atoms with Crippen LogP contribution in [0, 0.1) is 88.3 Å². The first-order chi connectivity index (χ1) is 68.4. The summed E-state index contributed by atoms with van der Waals surface area (Å²) >= 11 is 0. The molecule has 0 unspecified atom stereocenters. The normalized spacial score (nSPS) is 11.4. The number of aryl methyl sites for hydroxylation is 8. The lowest BCUT2D eigenvalue weighted by Gasteiger charge is -2.13. The van der Waals surface area contributed by atoms with Gasteiger partial charge in [0.2, 0.25) is 0 Å². The predicted molar refractivity (Wildman–Crippen MR) is 495 cm³/mol. The van der Waals surface area contributed by atoms with E-state index in [1.807, 2.05) is 74.6 Å². The zero-order chi connectivity index (χ0) is 108. The van der Waals surface area contributed by atoms with E-state index in [2.05, 4.69) is 46.8 Å². The van der Waals surface area contributed by atoms with Crippen molar-refractivity contribution in [1.29, 1.82) is 5.26 Å². The van der Waals surface area contributed by atoms with Gasteiger partial charge in [0.15, 0.2) is 40.1 Å². The molecule has 5 aromatic heterocycles. The van der Waals surface area contributed by atoms with Crippen LogP contribution in [0.25, 0.3) is 56.3 Å². The molecule has 146 heavy (non-hydrogen) atoms. The summed E-state index contributed by atoms with van der Waals surface area (Å²) in [6.07, 6.45) is -23.3. The Hall–Kier alpha value is -17.7. The molecule has 15 aromatic rings. The number of nitrogens with one attached hydrogen (secondary N) is 5. The number of carbonyl (C=O) groups is 5. The van der Waals surface area contributed by atoms with Gasteiger partial charge in [0.1, 0.15) is 23.1 Å². The number of benzene rings is 10. The number of hydrogen-bond donors (Lipinski definition) is 6. The van der Waals surface area contributed by atoms with Crippen LogP contribution in [0.5, 0.6) is 0 Å². The summed E-state index contributed by atoms with van der Waals surface area (Å²) in [5.74, 6) is -8.68. The molecule has 0 aliphatic carbocycles. The first-order valence-corrected chi connectivity index (χ1v) is 42.5. The number of nitrogen functional groups attached to an aromatic ring is 1. The predicted octanol–water partition coefficient (Wildman–Crippen LogP) is 24.5. The van der Waals surface area contributed by atoms with E-state index in [-0.39, 0.29) is 108 Å². The summed E-state index contributed by atoms with van der Waals surface area (Å²) in [5, 5.41) is 62.1. The van der Waals surface area contributed by atoms with E-state index in [1.165, 1.54) is 92.0 Å². The van der Waals surface area contributed by atoms with Crippen LogP contribution in [-0.4, -0.2) is 88.3 Å². The standard InChI is InChI=1S/C22H19F3N4O.C20H19F3N4O.C19H13F5N4O3.C19H15F4N3O.C18H11F5N4O3/c1-13(2)29-19(11-20(28-29)22(23,24)25)17-9-8-15(10-16(17)12-26)21(30)27-18-7-5-4-6-14(18)3;1-3-27-17(11-18(26-27)20(21,22)23)14-9-8-13(10-15(14)24)19(28)25-16-7-5-4-6-12(16)2;1-9-3-6-12(17(21)16(9)20)25-18(29)10-4-5-11(14(7-10)28(30)31)13-8-15(19(22,23)24)26-27(13)2;1-11-5-3-4-6-15(11)24-18(27)12-7-8-13(14(20)9-12)16-10-17(19(21,22)23)25-26(16)2;1-26-13(8-15(25-26)18(21,22)23)10-6-5-9(7-14(10)27(29)30)17(28)24-16-11(19)3-2-4-12(16)20/h4-11,13H,1-3H3,(H,27,30);4-11H,3,24H2,1-2H3,(H,25,28);3-8H,1-2H3,(H,25,29);3-10H,1-2H3,(H,24,27);2-8H,1H3,(H,24,28). The number of rotatable bonds is 19. The van der Waals surface area contributed by atoms with Gasteiger partial charge in [-0.25, -0.2) is 22.0 Å². The number of nitro benzene ring substituents is 2. The summed E-state index contributed by atoms with van der Waals surface area (Å²) in [6.45, 7) is 12.2. The molecule has 0 fully saturated rings. The Morgan fingerprint density at radius 3 is 1.08 bits per heavy atom. The summed E-state index contributed by atoms with van der Waals surface area (Å²) in [5.41, 5.74) is 2.83. The highest BCUT2D eigenvalue weighted by molar-refractivity contribution is 6.09. The molecule has 0 bridgehead atoms. The maximum absolute atomic E-state index is 14.5. The van der Waals surface area contributed by atoms with E-state index in [4.69, 9.17) is 5.73 Å². The topological polar surface area (TPSA) is 371 Å². The van der Waals surface area contributed by atoms with E-state index < -0.39 is 145 Å². The highest BCUT2D eigenvalue weighted by Crippen LogP contribution is 2.43. The van der Waals surface area contributed by atoms with Crippen molar-refractivity contribution < 1.29 is 122 Å². The van der Waals surface area contributed by atoms with E-state index >= 15 is 0 Å². The van der Waals surface area contributed by atoms with Gasteiger partial charge in [-0.15, -0.1) is 0 Å². The van der Waals surface area contributed by atoms with Gasteiger partial charge in [-0.1, -0.05) is 72.8 Å². The fourth-order valence-electron chi connectivity index (χ4n) is 14.1. The molecule has 0 radical (unpaired) electrons. The maximum Gasteiger partial charge on any atom is 0.435 e. The molecular formula is C98H77F20N19O9. The van der Waals surface area contributed by atoms with Crippen LogP contribution < -0.4 is 32.3 Å². The number of nitrogens with two attached hydrogens (primary N) is 1. The molecular weight excluding hydrogens is 1970 g/mol. The third-order valence-corrected chi connectivity index (χ3v) is 21.5. The smallest absolute Gasteiger partial charge is 0.398 e. The van der Waals surface area contributed by atoms with Gasteiger partial charge in [-0.3, -0.25) is 67.6 Å². The van der Waals surface area contributed by atoms with Crippen molar-refractivity contribution in [2.45, 2.75) is 91.9 Å². The fourth-order valence-corrected chi connectivity index (χ4v) is 14.1. The zero-order valence-corrected chi connectivity index (χ0v) is 77.3. The average molecular weight is 2040 g/mol.